The maximum atomic E-state index is 12.0. The first-order valence-corrected chi connectivity index (χ1v) is 7.83. The number of likely N-dealkylation sites (N-methyl/N-ethyl adjacent to an activating group) is 1. The van der Waals surface area contributed by atoms with Crippen LogP contribution in [0.5, 0.6) is 0 Å². The molecule has 0 spiro atoms. The van der Waals surface area contributed by atoms with E-state index in [0.717, 1.165) is 18.7 Å². The van der Waals surface area contributed by atoms with E-state index in [4.69, 9.17) is 0 Å². The van der Waals surface area contributed by atoms with Crippen molar-refractivity contribution in [1.29, 1.82) is 0 Å². The molecule has 1 N–H and O–H groups in total. The summed E-state index contributed by atoms with van der Waals surface area (Å²) in [4.78, 5) is 26.9. The van der Waals surface area contributed by atoms with Crippen molar-refractivity contribution in [2.75, 3.05) is 31.6 Å². The van der Waals surface area contributed by atoms with Crippen LogP contribution in [-0.2, 0) is 9.59 Å². The Hall–Kier alpha value is -2.04. The van der Waals surface area contributed by atoms with Gasteiger partial charge in [0.05, 0.1) is 12.6 Å². The Morgan fingerprint density at radius 2 is 2.00 bits per heavy atom. The van der Waals surface area contributed by atoms with Crippen molar-refractivity contribution in [3.8, 4) is 0 Å². The number of rotatable bonds is 5. The van der Waals surface area contributed by atoms with Gasteiger partial charge in [0.25, 0.3) is 0 Å². The lowest BCUT2D eigenvalue weighted by atomic mass is 10.1. The SMILES string of the molecule is CC(=O)N(C)CC(=O)N[C@@H](C)c1cccc(N2CCCC2)c1. The molecule has 2 amide bonds. The Kier molecular flexibility index (Phi) is 5.41. The van der Waals surface area contributed by atoms with Crippen LogP contribution < -0.4 is 10.2 Å². The quantitative estimate of drug-likeness (QED) is 0.904. The molecule has 1 saturated heterocycles. The molecular formula is C17H25N3O2. The second kappa shape index (κ2) is 7.29. The predicted molar refractivity (Wildman–Crippen MR) is 87.8 cm³/mol. The van der Waals surface area contributed by atoms with Gasteiger partial charge < -0.3 is 15.1 Å². The Balaban J connectivity index is 1.97. The van der Waals surface area contributed by atoms with E-state index in [1.165, 1.54) is 30.4 Å². The molecule has 5 heteroatoms. The van der Waals surface area contributed by atoms with Gasteiger partial charge in [-0.05, 0) is 37.5 Å². The first-order valence-electron chi connectivity index (χ1n) is 7.83. The fourth-order valence-corrected chi connectivity index (χ4v) is 2.66. The van der Waals surface area contributed by atoms with Crippen LogP contribution >= 0.6 is 0 Å². The zero-order valence-corrected chi connectivity index (χ0v) is 13.6. The Morgan fingerprint density at radius 1 is 1.32 bits per heavy atom. The minimum absolute atomic E-state index is 0.0737. The van der Waals surface area contributed by atoms with E-state index >= 15 is 0 Å². The minimum atomic E-state index is -0.142. The van der Waals surface area contributed by atoms with Crippen molar-refractivity contribution in [3.63, 3.8) is 0 Å². The van der Waals surface area contributed by atoms with Crippen LogP contribution in [0.25, 0.3) is 0 Å². The van der Waals surface area contributed by atoms with Crippen molar-refractivity contribution < 1.29 is 9.59 Å². The molecule has 0 radical (unpaired) electrons. The number of hydrogen-bond donors (Lipinski definition) is 1. The molecule has 0 saturated carbocycles. The second-order valence-corrected chi connectivity index (χ2v) is 5.95. The van der Waals surface area contributed by atoms with Gasteiger partial charge >= 0.3 is 0 Å². The number of nitrogens with zero attached hydrogens (tertiary/aromatic N) is 2. The molecule has 1 fully saturated rings. The molecule has 1 heterocycles. The molecule has 1 aliphatic heterocycles. The Labute approximate surface area is 132 Å². The highest BCUT2D eigenvalue weighted by molar-refractivity contribution is 5.83. The number of carbonyl (C=O) groups is 2. The highest BCUT2D eigenvalue weighted by Crippen LogP contribution is 2.23. The van der Waals surface area contributed by atoms with Gasteiger partial charge in [-0.25, -0.2) is 0 Å². The molecule has 1 aromatic carbocycles. The highest BCUT2D eigenvalue weighted by Gasteiger charge is 2.16. The lowest BCUT2D eigenvalue weighted by Gasteiger charge is -2.21. The maximum Gasteiger partial charge on any atom is 0.240 e. The summed E-state index contributed by atoms with van der Waals surface area (Å²) in [7, 11) is 1.63. The van der Waals surface area contributed by atoms with Gasteiger partial charge in [-0.1, -0.05) is 12.1 Å². The van der Waals surface area contributed by atoms with Gasteiger partial charge in [0, 0.05) is 32.7 Å². The summed E-state index contributed by atoms with van der Waals surface area (Å²) in [6.45, 7) is 5.72. The molecule has 0 aliphatic carbocycles. The van der Waals surface area contributed by atoms with E-state index in [9.17, 15) is 9.59 Å². The number of benzene rings is 1. The summed E-state index contributed by atoms with van der Waals surface area (Å²) in [5.41, 5.74) is 2.31. The molecule has 120 valence electrons. The molecule has 5 nitrogen and oxygen atoms in total. The molecule has 1 atom stereocenters. The van der Waals surface area contributed by atoms with E-state index in [0.29, 0.717) is 0 Å². The van der Waals surface area contributed by atoms with Gasteiger partial charge in [0.2, 0.25) is 11.8 Å². The lowest BCUT2D eigenvalue weighted by molar-refractivity contribution is -0.133. The monoisotopic (exact) mass is 303 g/mol. The molecule has 1 aliphatic rings. The molecule has 0 bridgehead atoms. The van der Waals surface area contributed by atoms with Crippen LogP contribution in [-0.4, -0.2) is 43.4 Å². The summed E-state index contributed by atoms with van der Waals surface area (Å²) < 4.78 is 0. The number of amides is 2. The van der Waals surface area contributed by atoms with Crippen molar-refractivity contribution >= 4 is 17.5 Å². The number of carbonyl (C=O) groups excluding carboxylic acids is 2. The van der Waals surface area contributed by atoms with Crippen LogP contribution in [0.15, 0.2) is 24.3 Å². The average molecular weight is 303 g/mol. The fourth-order valence-electron chi connectivity index (χ4n) is 2.66. The zero-order valence-electron chi connectivity index (χ0n) is 13.6. The van der Waals surface area contributed by atoms with Crippen LogP contribution in [0.1, 0.15) is 38.3 Å². The Bertz CT molecular complexity index is 538. The number of nitrogens with one attached hydrogen (secondary N) is 1. The van der Waals surface area contributed by atoms with Gasteiger partial charge in [-0.15, -0.1) is 0 Å². The van der Waals surface area contributed by atoms with Crippen LogP contribution in [0, 0.1) is 0 Å². The standard InChI is InChI=1S/C17H25N3O2/c1-13(18-17(22)12-19(3)14(2)21)15-7-6-8-16(11-15)20-9-4-5-10-20/h6-8,11,13H,4-5,9-10,12H2,1-3H3,(H,18,22)/t13-/m0/s1. The van der Waals surface area contributed by atoms with Gasteiger partial charge in [0.15, 0.2) is 0 Å². The third-order valence-corrected chi connectivity index (χ3v) is 4.14. The number of anilines is 1. The highest BCUT2D eigenvalue weighted by atomic mass is 16.2. The predicted octanol–water partition coefficient (Wildman–Crippen LogP) is 1.94. The Morgan fingerprint density at radius 3 is 2.64 bits per heavy atom. The fraction of sp³-hybridized carbons (Fsp3) is 0.529. The molecule has 1 aromatic rings. The summed E-state index contributed by atoms with van der Waals surface area (Å²) >= 11 is 0. The smallest absolute Gasteiger partial charge is 0.240 e. The van der Waals surface area contributed by atoms with E-state index in [-0.39, 0.29) is 24.4 Å². The van der Waals surface area contributed by atoms with Crippen LogP contribution in [0.3, 0.4) is 0 Å². The van der Waals surface area contributed by atoms with E-state index < -0.39 is 0 Å². The molecule has 0 unspecified atom stereocenters. The molecule has 22 heavy (non-hydrogen) atoms. The molecule has 0 aromatic heterocycles. The van der Waals surface area contributed by atoms with Gasteiger partial charge in [0.1, 0.15) is 0 Å². The topological polar surface area (TPSA) is 52.7 Å². The van der Waals surface area contributed by atoms with Crippen molar-refractivity contribution in [3.05, 3.63) is 29.8 Å². The van der Waals surface area contributed by atoms with E-state index in [1.54, 1.807) is 7.05 Å². The third-order valence-electron chi connectivity index (χ3n) is 4.14. The van der Waals surface area contributed by atoms with Crippen molar-refractivity contribution in [2.24, 2.45) is 0 Å². The summed E-state index contributed by atoms with van der Waals surface area (Å²) in [6, 6.07) is 8.25. The minimum Gasteiger partial charge on any atom is -0.372 e. The van der Waals surface area contributed by atoms with Gasteiger partial charge in [-0.3, -0.25) is 9.59 Å². The maximum absolute atomic E-state index is 12.0. The summed E-state index contributed by atoms with van der Waals surface area (Å²) in [5.74, 6) is -0.254. The van der Waals surface area contributed by atoms with Crippen molar-refractivity contribution in [1.82, 2.24) is 10.2 Å². The van der Waals surface area contributed by atoms with Gasteiger partial charge in [-0.2, -0.15) is 0 Å². The number of hydrogen-bond acceptors (Lipinski definition) is 3. The van der Waals surface area contributed by atoms with E-state index in [2.05, 4.69) is 22.3 Å². The summed E-state index contributed by atoms with van der Waals surface area (Å²) in [6.07, 6.45) is 2.49. The normalized spacial score (nSPS) is 15.5. The second-order valence-electron chi connectivity index (χ2n) is 5.95. The zero-order chi connectivity index (χ0) is 16.1. The van der Waals surface area contributed by atoms with Crippen LogP contribution in [0.4, 0.5) is 5.69 Å². The average Bonchev–Trinajstić information content (AvgIpc) is 3.01. The molecular weight excluding hydrogens is 278 g/mol. The van der Waals surface area contributed by atoms with E-state index in [1.807, 2.05) is 19.1 Å². The van der Waals surface area contributed by atoms with Crippen molar-refractivity contribution in [2.45, 2.75) is 32.7 Å². The third kappa shape index (κ3) is 4.23. The summed E-state index contributed by atoms with van der Waals surface area (Å²) in [5, 5.41) is 2.95. The first-order chi connectivity index (χ1) is 10.5. The lowest BCUT2D eigenvalue weighted by Crippen LogP contribution is -2.38. The molecule has 2 rings (SSSR count). The largest absolute Gasteiger partial charge is 0.372 e. The first kappa shape index (κ1) is 16.3. The van der Waals surface area contributed by atoms with Crippen LogP contribution in [0.2, 0.25) is 0 Å².